The van der Waals surface area contributed by atoms with Gasteiger partial charge in [-0.25, -0.2) is 4.98 Å². The summed E-state index contributed by atoms with van der Waals surface area (Å²) in [5.74, 6) is -0.0127. The molecule has 1 aliphatic rings. The first-order valence-corrected chi connectivity index (χ1v) is 12.5. The number of hydrogen-bond acceptors (Lipinski definition) is 7. The monoisotopic (exact) mass is 484 g/mol. The Morgan fingerprint density at radius 1 is 1.03 bits per heavy atom. The van der Waals surface area contributed by atoms with Crippen LogP contribution < -0.4 is 5.32 Å². The van der Waals surface area contributed by atoms with Crippen LogP contribution in [0.3, 0.4) is 0 Å². The molecule has 4 aromatic rings. The fourth-order valence-electron chi connectivity index (χ4n) is 4.57. The van der Waals surface area contributed by atoms with E-state index >= 15 is 0 Å². The van der Waals surface area contributed by atoms with Crippen LogP contribution >= 0.6 is 0 Å². The summed E-state index contributed by atoms with van der Waals surface area (Å²) in [5, 5.41) is 10.3. The van der Waals surface area contributed by atoms with Gasteiger partial charge in [0.15, 0.2) is 0 Å². The Labute approximate surface area is 211 Å². The lowest BCUT2D eigenvalue weighted by Gasteiger charge is -2.36. The lowest BCUT2D eigenvalue weighted by Crippen LogP contribution is -2.49. The molecule has 1 amide bonds. The molecular weight excluding hydrogens is 452 g/mol. The molecule has 9 nitrogen and oxygen atoms in total. The van der Waals surface area contributed by atoms with Crippen molar-refractivity contribution in [2.24, 2.45) is 0 Å². The first kappa shape index (κ1) is 24.0. The number of anilines is 1. The number of hydrogen-bond donors (Lipinski definition) is 2. The van der Waals surface area contributed by atoms with Crippen LogP contribution in [0, 0.1) is 6.92 Å². The molecule has 0 atom stereocenters. The summed E-state index contributed by atoms with van der Waals surface area (Å²) in [6, 6.07) is 12.2. The fraction of sp³-hybridized carbons (Fsp3) is 0.370. The minimum absolute atomic E-state index is 0.0127. The summed E-state index contributed by atoms with van der Waals surface area (Å²) >= 11 is 0. The summed E-state index contributed by atoms with van der Waals surface area (Å²) in [6.45, 7) is 11.3. The van der Waals surface area contributed by atoms with Crippen LogP contribution in [0.2, 0.25) is 0 Å². The summed E-state index contributed by atoms with van der Waals surface area (Å²) < 4.78 is 0. The number of piperazine rings is 1. The van der Waals surface area contributed by atoms with Crippen molar-refractivity contribution >= 4 is 22.6 Å². The summed E-state index contributed by atoms with van der Waals surface area (Å²) in [5.41, 5.74) is 6.31. The Morgan fingerprint density at radius 3 is 2.64 bits per heavy atom. The second-order valence-corrected chi connectivity index (χ2v) is 9.55. The highest BCUT2D eigenvalue weighted by molar-refractivity contribution is 5.93. The van der Waals surface area contributed by atoms with Gasteiger partial charge in [0.2, 0.25) is 5.91 Å². The molecule has 0 spiro atoms. The van der Waals surface area contributed by atoms with E-state index in [1.54, 1.807) is 12.4 Å². The Balaban J connectivity index is 1.27. The van der Waals surface area contributed by atoms with Crippen molar-refractivity contribution in [2.45, 2.75) is 33.2 Å². The van der Waals surface area contributed by atoms with E-state index in [1.807, 2.05) is 43.3 Å². The highest BCUT2D eigenvalue weighted by Gasteiger charge is 2.19. The zero-order valence-corrected chi connectivity index (χ0v) is 21.0. The number of aromatic nitrogens is 5. The highest BCUT2D eigenvalue weighted by atomic mass is 16.1. The van der Waals surface area contributed by atoms with Crippen molar-refractivity contribution in [1.29, 1.82) is 0 Å². The molecule has 1 aliphatic heterocycles. The molecule has 4 aromatic heterocycles. The molecular formula is C27H32N8O. The molecule has 5 heterocycles. The van der Waals surface area contributed by atoms with Crippen LogP contribution in [0.5, 0.6) is 0 Å². The molecule has 0 bridgehead atoms. The van der Waals surface area contributed by atoms with E-state index in [9.17, 15) is 4.79 Å². The van der Waals surface area contributed by atoms with Gasteiger partial charge in [-0.3, -0.25) is 24.8 Å². The second kappa shape index (κ2) is 10.5. The first-order valence-electron chi connectivity index (χ1n) is 12.5. The molecule has 0 saturated carbocycles. The normalized spacial score (nSPS) is 15.0. The fourth-order valence-corrected chi connectivity index (χ4v) is 4.57. The molecule has 0 radical (unpaired) electrons. The smallest absolute Gasteiger partial charge is 0.225 e. The van der Waals surface area contributed by atoms with Crippen molar-refractivity contribution in [3.05, 3.63) is 54.5 Å². The molecule has 186 valence electrons. The van der Waals surface area contributed by atoms with Crippen LogP contribution in [0.15, 0.2) is 48.8 Å². The zero-order chi connectivity index (χ0) is 25.1. The average Bonchev–Trinajstić information content (AvgIpc) is 3.37. The van der Waals surface area contributed by atoms with E-state index in [1.165, 1.54) is 0 Å². The number of aryl methyl sites for hydroxylation is 1. The van der Waals surface area contributed by atoms with Crippen molar-refractivity contribution in [1.82, 2.24) is 34.9 Å². The lowest BCUT2D eigenvalue weighted by molar-refractivity contribution is -0.116. The molecule has 1 saturated heterocycles. The number of carbonyl (C=O) groups excluding carboxylic acids is 1. The third kappa shape index (κ3) is 5.42. The topological polar surface area (TPSA) is 103 Å². The van der Waals surface area contributed by atoms with E-state index in [0.29, 0.717) is 23.7 Å². The second-order valence-electron chi connectivity index (χ2n) is 9.55. The zero-order valence-electron chi connectivity index (χ0n) is 21.0. The van der Waals surface area contributed by atoms with Gasteiger partial charge in [0.1, 0.15) is 0 Å². The molecule has 0 aliphatic carbocycles. The minimum Gasteiger partial charge on any atom is -0.325 e. The summed E-state index contributed by atoms with van der Waals surface area (Å²) in [4.78, 5) is 31.4. The van der Waals surface area contributed by atoms with E-state index in [0.717, 1.165) is 66.6 Å². The van der Waals surface area contributed by atoms with Crippen LogP contribution in [-0.2, 0) is 4.79 Å². The number of nitrogens with zero attached hydrogens (tertiary/aromatic N) is 6. The number of rotatable bonds is 7. The Hall–Kier alpha value is -3.69. The first-order chi connectivity index (χ1) is 17.5. The van der Waals surface area contributed by atoms with Gasteiger partial charge in [-0.15, -0.1) is 0 Å². The van der Waals surface area contributed by atoms with E-state index in [2.05, 4.69) is 49.1 Å². The Kier molecular flexibility index (Phi) is 7.02. The quantitative estimate of drug-likeness (QED) is 0.412. The van der Waals surface area contributed by atoms with E-state index in [-0.39, 0.29) is 5.91 Å². The van der Waals surface area contributed by atoms with Crippen molar-refractivity contribution in [3.8, 4) is 22.6 Å². The number of H-pyrrole nitrogens is 1. The Bertz CT molecular complexity index is 1360. The third-order valence-electron chi connectivity index (χ3n) is 6.67. The maximum absolute atomic E-state index is 12.6. The van der Waals surface area contributed by atoms with Gasteiger partial charge < -0.3 is 10.2 Å². The van der Waals surface area contributed by atoms with Crippen molar-refractivity contribution < 1.29 is 4.79 Å². The van der Waals surface area contributed by atoms with Gasteiger partial charge in [0, 0.05) is 56.4 Å². The summed E-state index contributed by atoms with van der Waals surface area (Å²) in [6.07, 6.45) is 3.89. The predicted molar refractivity (Wildman–Crippen MR) is 141 cm³/mol. The van der Waals surface area contributed by atoms with Gasteiger partial charge in [-0.1, -0.05) is 6.07 Å². The number of amides is 1. The number of pyridine rings is 3. The van der Waals surface area contributed by atoms with Crippen LogP contribution in [0.1, 0.15) is 26.0 Å². The summed E-state index contributed by atoms with van der Waals surface area (Å²) in [7, 11) is 0. The van der Waals surface area contributed by atoms with Gasteiger partial charge in [0.05, 0.1) is 46.2 Å². The molecule has 9 heteroatoms. The SMILES string of the molecule is Cc1cccc(-c2[nH]ncc2-c2ccc3ncc(NC(=O)CCN4CCN(C(C)C)CC4)cc3n2)n1. The maximum atomic E-state index is 12.6. The molecule has 1 fully saturated rings. The minimum atomic E-state index is -0.0127. The molecule has 5 rings (SSSR count). The molecule has 36 heavy (non-hydrogen) atoms. The predicted octanol–water partition coefficient (Wildman–Crippen LogP) is 3.74. The molecule has 2 N–H and O–H groups in total. The van der Waals surface area contributed by atoms with Gasteiger partial charge in [-0.2, -0.15) is 5.10 Å². The number of carbonyl (C=O) groups is 1. The standard InChI is InChI=1S/C27H32N8O/c1-18(2)35-13-11-34(12-14-35)10-9-26(36)31-20-15-25-23(28-16-20)8-7-22(32-25)21-17-29-33-27(21)24-6-4-5-19(3)30-24/h4-8,15-18H,9-14H2,1-3H3,(H,29,33)(H,31,36). The number of fused-ring (bicyclic) bond motifs is 1. The van der Waals surface area contributed by atoms with Crippen LogP contribution in [-0.4, -0.2) is 79.6 Å². The lowest BCUT2D eigenvalue weighted by atomic mass is 10.1. The van der Waals surface area contributed by atoms with Gasteiger partial charge in [0.25, 0.3) is 0 Å². The average molecular weight is 485 g/mol. The third-order valence-corrected chi connectivity index (χ3v) is 6.67. The van der Waals surface area contributed by atoms with Crippen LogP contribution in [0.4, 0.5) is 5.69 Å². The van der Waals surface area contributed by atoms with Crippen LogP contribution in [0.25, 0.3) is 33.7 Å². The van der Waals surface area contributed by atoms with E-state index < -0.39 is 0 Å². The van der Waals surface area contributed by atoms with Crippen molar-refractivity contribution in [2.75, 3.05) is 38.0 Å². The van der Waals surface area contributed by atoms with Gasteiger partial charge >= 0.3 is 0 Å². The number of nitrogens with one attached hydrogen (secondary N) is 2. The molecule has 0 unspecified atom stereocenters. The van der Waals surface area contributed by atoms with Crippen molar-refractivity contribution in [3.63, 3.8) is 0 Å². The van der Waals surface area contributed by atoms with Gasteiger partial charge in [-0.05, 0) is 51.1 Å². The van der Waals surface area contributed by atoms with E-state index in [4.69, 9.17) is 4.98 Å². The largest absolute Gasteiger partial charge is 0.325 e. The molecule has 0 aromatic carbocycles. The number of aromatic amines is 1. The Morgan fingerprint density at radius 2 is 1.86 bits per heavy atom. The highest BCUT2D eigenvalue weighted by Crippen LogP contribution is 2.29. The maximum Gasteiger partial charge on any atom is 0.225 e.